The van der Waals surface area contributed by atoms with E-state index in [1.54, 1.807) is 24.3 Å². The van der Waals surface area contributed by atoms with E-state index >= 15 is 0 Å². The summed E-state index contributed by atoms with van der Waals surface area (Å²) >= 11 is 5.81. The van der Waals surface area contributed by atoms with Gasteiger partial charge in [0, 0.05) is 24.7 Å². The van der Waals surface area contributed by atoms with Crippen LogP contribution in [0.1, 0.15) is 13.8 Å². The zero-order valence-electron chi connectivity index (χ0n) is 12.0. The molecule has 0 saturated carbocycles. The van der Waals surface area contributed by atoms with Crippen molar-refractivity contribution in [1.29, 1.82) is 0 Å². The van der Waals surface area contributed by atoms with Gasteiger partial charge in [-0.1, -0.05) is 11.6 Å². The summed E-state index contributed by atoms with van der Waals surface area (Å²) in [4.78, 5) is 2.22. The third kappa shape index (κ3) is 4.94. The molecule has 4 nitrogen and oxygen atoms in total. The largest absolute Gasteiger partial charge is 0.491 e. The van der Waals surface area contributed by atoms with Gasteiger partial charge < -0.3 is 14.6 Å². The summed E-state index contributed by atoms with van der Waals surface area (Å²) < 4.78 is 11.2. The fraction of sp³-hybridized carbons (Fsp3) is 0.600. The maximum absolute atomic E-state index is 10.1. The van der Waals surface area contributed by atoms with E-state index in [1.807, 2.05) is 0 Å². The second-order valence-electron chi connectivity index (χ2n) is 5.39. The number of β-amino-alcohol motifs (C(OH)–C–C–N with tert-alkyl or cyclic N) is 1. The molecule has 2 rings (SSSR count). The van der Waals surface area contributed by atoms with Gasteiger partial charge in [0.05, 0.1) is 12.2 Å². The number of nitrogens with zero attached hydrogens (tertiary/aromatic N) is 1. The molecule has 0 amide bonds. The summed E-state index contributed by atoms with van der Waals surface area (Å²) in [6.07, 6.45) is -0.0885. The van der Waals surface area contributed by atoms with Crippen molar-refractivity contribution in [3.05, 3.63) is 29.3 Å². The summed E-state index contributed by atoms with van der Waals surface area (Å²) in [5, 5.41) is 10.7. The SMILES string of the molecule is C[C@@H]1CN(C[C@H](O)COc2ccc(Cl)cc2)C[C@@H](C)O1. The van der Waals surface area contributed by atoms with Crippen LogP contribution < -0.4 is 4.74 Å². The third-order valence-electron chi connectivity index (χ3n) is 3.22. The Morgan fingerprint density at radius 1 is 1.30 bits per heavy atom. The van der Waals surface area contributed by atoms with Crippen LogP contribution in [0.3, 0.4) is 0 Å². The lowest BCUT2D eigenvalue weighted by Gasteiger charge is -2.36. The molecule has 1 aromatic rings. The van der Waals surface area contributed by atoms with Gasteiger partial charge in [-0.15, -0.1) is 0 Å². The highest BCUT2D eigenvalue weighted by atomic mass is 35.5. The zero-order chi connectivity index (χ0) is 14.5. The molecule has 112 valence electrons. The van der Waals surface area contributed by atoms with E-state index in [9.17, 15) is 5.11 Å². The van der Waals surface area contributed by atoms with Crippen molar-refractivity contribution < 1.29 is 14.6 Å². The Bertz CT molecular complexity index is 402. The van der Waals surface area contributed by atoms with E-state index in [0.29, 0.717) is 11.6 Å². The number of morpholine rings is 1. The van der Waals surface area contributed by atoms with E-state index < -0.39 is 6.10 Å². The lowest BCUT2D eigenvalue weighted by Crippen LogP contribution is -2.48. The number of hydrogen-bond donors (Lipinski definition) is 1. The highest BCUT2D eigenvalue weighted by Gasteiger charge is 2.23. The fourth-order valence-corrected chi connectivity index (χ4v) is 2.63. The quantitative estimate of drug-likeness (QED) is 0.905. The summed E-state index contributed by atoms with van der Waals surface area (Å²) in [5.41, 5.74) is 0. The van der Waals surface area contributed by atoms with Crippen molar-refractivity contribution >= 4 is 11.6 Å². The lowest BCUT2D eigenvalue weighted by molar-refractivity contribution is -0.0786. The van der Waals surface area contributed by atoms with Crippen molar-refractivity contribution in [3.63, 3.8) is 0 Å². The Labute approximate surface area is 125 Å². The van der Waals surface area contributed by atoms with Gasteiger partial charge in [-0.25, -0.2) is 0 Å². The molecule has 1 N–H and O–H groups in total. The first kappa shape index (κ1) is 15.6. The number of benzene rings is 1. The van der Waals surface area contributed by atoms with Crippen LogP contribution in [-0.2, 0) is 4.74 Å². The number of ether oxygens (including phenoxy) is 2. The standard InChI is InChI=1S/C15H22ClNO3/c1-11-7-17(8-12(2)20-11)9-14(18)10-19-15-5-3-13(16)4-6-15/h3-6,11-12,14,18H,7-10H2,1-2H3/t11-,12-,14+/m1/s1. The van der Waals surface area contributed by atoms with Crippen LogP contribution in [0.2, 0.25) is 5.02 Å². The number of rotatable bonds is 5. The van der Waals surface area contributed by atoms with Crippen molar-refractivity contribution in [2.24, 2.45) is 0 Å². The summed E-state index contributed by atoms with van der Waals surface area (Å²) in [6.45, 7) is 6.69. The van der Waals surface area contributed by atoms with Gasteiger partial charge in [0.15, 0.2) is 0 Å². The first-order valence-electron chi connectivity index (χ1n) is 6.97. The Morgan fingerprint density at radius 2 is 1.90 bits per heavy atom. The second kappa shape index (κ2) is 7.27. The van der Waals surface area contributed by atoms with Crippen LogP contribution in [0.15, 0.2) is 24.3 Å². The Morgan fingerprint density at radius 3 is 2.50 bits per heavy atom. The molecule has 0 radical (unpaired) electrons. The maximum atomic E-state index is 10.1. The molecule has 1 aromatic carbocycles. The van der Waals surface area contributed by atoms with Crippen LogP contribution >= 0.6 is 11.6 Å². The molecular weight excluding hydrogens is 278 g/mol. The summed E-state index contributed by atoms with van der Waals surface area (Å²) in [7, 11) is 0. The normalized spacial score (nSPS) is 25.4. The minimum absolute atomic E-state index is 0.211. The topological polar surface area (TPSA) is 41.9 Å². The van der Waals surface area contributed by atoms with Crippen LogP contribution in [-0.4, -0.2) is 54.6 Å². The highest BCUT2D eigenvalue weighted by Crippen LogP contribution is 2.16. The molecule has 3 atom stereocenters. The van der Waals surface area contributed by atoms with Gasteiger partial charge in [0.1, 0.15) is 18.5 Å². The van der Waals surface area contributed by atoms with E-state index in [1.165, 1.54) is 0 Å². The van der Waals surface area contributed by atoms with Crippen LogP contribution in [0.4, 0.5) is 0 Å². The molecule has 1 fully saturated rings. The minimum Gasteiger partial charge on any atom is -0.491 e. The molecule has 1 aliphatic heterocycles. The molecule has 1 saturated heterocycles. The second-order valence-corrected chi connectivity index (χ2v) is 5.83. The predicted octanol–water partition coefficient (Wildman–Crippen LogP) is 2.19. The van der Waals surface area contributed by atoms with Crippen molar-refractivity contribution in [2.45, 2.75) is 32.2 Å². The first-order chi connectivity index (χ1) is 9.52. The zero-order valence-corrected chi connectivity index (χ0v) is 12.7. The van der Waals surface area contributed by atoms with Gasteiger partial charge in [-0.3, -0.25) is 4.90 Å². The number of aliphatic hydroxyl groups excluding tert-OH is 1. The number of halogens is 1. The monoisotopic (exact) mass is 299 g/mol. The highest BCUT2D eigenvalue weighted by molar-refractivity contribution is 6.30. The van der Waals surface area contributed by atoms with Crippen molar-refractivity contribution in [1.82, 2.24) is 4.90 Å². The van der Waals surface area contributed by atoms with Gasteiger partial charge in [-0.2, -0.15) is 0 Å². The lowest BCUT2D eigenvalue weighted by atomic mass is 10.2. The van der Waals surface area contributed by atoms with Gasteiger partial charge in [-0.05, 0) is 38.1 Å². The van der Waals surface area contributed by atoms with Crippen LogP contribution in [0, 0.1) is 0 Å². The minimum atomic E-state index is -0.511. The first-order valence-corrected chi connectivity index (χ1v) is 7.35. The van der Waals surface area contributed by atoms with Crippen molar-refractivity contribution in [3.8, 4) is 5.75 Å². The molecule has 0 unspecified atom stereocenters. The summed E-state index contributed by atoms with van der Waals surface area (Å²) in [6, 6.07) is 7.14. The molecule has 0 spiro atoms. The molecule has 0 bridgehead atoms. The molecule has 1 heterocycles. The molecule has 0 aromatic heterocycles. The van der Waals surface area contributed by atoms with Crippen LogP contribution in [0.25, 0.3) is 0 Å². The molecule has 0 aliphatic carbocycles. The molecule has 5 heteroatoms. The molecular formula is C15H22ClNO3. The average molecular weight is 300 g/mol. The van der Waals surface area contributed by atoms with Gasteiger partial charge >= 0.3 is 0 Å². The smallest absolute Gasteiger partial charge is 0.119 e. The maximum Gasteiger partial charge on any atom is 0.119 e. The Kier molecular flexibility index (Phi) is 5.66. The third-order valence-corrected chi connectivity index (χ3v) is 3.47. The predicted molar refractivity (Wildman–Crippen MR) is 79.4 cm³/mol. The fourth-order valence-electron chi connectivity index (χ4n) is 2.51. The van der Waals surface area contributed by atoms with E-state index in [0.717, 1.165) is 18.8 Å². The van der Waals surface area contributed by atoms with Gasteiger partial charge in [0.25, 0.3) is 0 Å². The summed E-state index contributed by atoms with van der Waals surface area (Å²) in [5.74, 6) is 0.720. The molecule has 20 heavy (non-hydrogen) atoms. The number of hydrogen-bond acceptors (Lipinski definition) is 4. The molecule has 1 aliphatic rings. The Balaban J connectivity index is 1.74. The average Bonchev–Trinajstić information content (AvgIpc) is 2.37. The van der Waals surface area contributed by atoms with E-state index in [4.69, 9.17) is 21.1 Å². The number of aliphatic hydroxyl groups is 1. The van der Waals surface area contributed by atoms with Crippen LogP contribution in [0.5, 0.6) is 5.75 Å². The van der Waals surface area contributed by atoms with Gasteiger partial charge in [0.2, 0.25) is 0 Å². The Hall–Kier alpha value is -0.810. The van der Waals surface area contributed by atoms with E-state index in [2.05, 4.69) is 18.7 Å². The van der Waals surface area contributed by atoms with E-state index in [-0.39, 0.29) is 18.8 Å². The van der Waals surface area contributed by atoms with Crippen molar-refractivity contribution in [2.75, 3.05) is 26.2 Å².